The number of non-ortho nitro benzene ring substituents is 1. The van der Waals surface area contributed by atoms with E-state index in [1.807, 2.05) is 0 Å². The van der Waals surface area contributed by atoms with Crippen LogP contribution in [0.2, 0.25) is 5.02 Å². The average Bonchev–Trinajstić information content (AvgIpc) is 3.60. The predicted molar refractivity (Wildman–Crippen MR) is 202 cm³/mol. The van der Waals surface area contributed by atoms with Crippen molar-refractivity contribution in [1.29, 1.82) is 0 Å². The van der Waals surface area contributed by atoms with E-state index < -0.39 is 40.3 Å². The van der Waals surface area contributed by atoms with Gasteiger partial charge in [-0.2, -0.15) is 0 Å². The van der Waals surface area contributed by atoms with Crippen molar-refractivity contribution in [2.75, 3.05) is 10.6 Å². The van der Waals surface area contributed by atoms with E-state index in [1.165, 1.54) is 42.5 Å². The molecular formula is C40H35ClN4O8. The summed E-state index contributed by atoms with van der Waals surface area (Å²) in [6.07, 6.45) is 2.00. The van der Waals surface area contributed by atoms with Crippen molar-refractivity contribution in [1.82, 2.24) is 5.32 Å². The number of carbonyl (C=O) groups is 4. The van der Waals surface area contributed by atoms with Gasteiger partial charge in [0.25, 0.3) is 5.69 Å². The molecule has 4 aromatic carbocycles. The summed E-state index contributed by atoms with van der Waals surface area (Å²) in [6.45, 7) is 5.11. The van der Waals surface area contributed by atoms with Crippen LogP contribution in [0.1, 0.15) is 48.0 Å². The van der Waals surface area contributed by atoms with E-state index in [4.69, 9.17) is 20.8 Å². The number of furan rings is 1. The lowest BCUT2D eigenvalue weighted by atomic mass is 10.00. The number of benzene rings is 4. The molecule has 0 bridgehead atoms. The number of nitrogens with one attached hydrogen (secondary N) is 3. The minimum atomic E-state index is -1.10. The molecule has 0 saturated heterocycles. The minimum Gasteiger partial charge on any atom is -0.457 e. The third kappa shape index (κ3) is 10.7. The van der Waals surface area contributed by atoms with Gasteiger partial charge < -0.3 is 25.1 Å². The largest absolute Gasteiger partial charge is 0.457 e. The average molecular weight is 735 g/mol. The highest BCUT2D eigenvalue weighted by Gasteiger charge is 2.26. The molecule has 0 aliphatic rings. The standard InChI is InChI=1S/C40H35ClN4O8/c1-40(2,3)53-39(49)44-34(23-25-9-13-28(41)14-10-25)38(48)43-33-20-15-29(24-32(33)37(47)27-7-5-4-6-8-27)42-36(46)22-19-31-18-21-35(52-31)26-11-16-30(17-12-26)45(50)51/h4-22,24,34H,23H2,1-3H3,(H,42,46)(H,43,48)(H,44,49)/b22-19+/t34-/m0/s1. The molecule has 0 aliphatic carbocycles. The Labute approximate surface area is 310 Å². The Kier molecular flexibility index (Phi) is 11.9. The number of hydrogen-bond acceptors (Lipinski definition) is 8. The molecule has 3 N–H and O–H groups in total. The Morgan fingerprint density at radius 1 is 0.887 bits per heavy atom. The molecule has 3 amide bonds. The highest BCUT2D eigenvalue weighted by atomic mass is 35.5. The van der Waals surface area contributed by atoms with Gasteiger partial charge in [-0.25, -0.2) is 4.79 Å². The molecule has 1 heterocycles. The van der Waals surface area contributed by atoms with Gasteiger partial charge in [-0.3, -0.25) is 24.5 Å². The Hall–Kier alpha value is -6.53. The zero-order chi connectivity index (χ0) is 38.1. The van der Waals surface area contributed by atoms with Crippen molar-refractivity contribution in [3.8, 4) is 11.3 Å². The molecule has 13 heteroatoms. The topological polar surface area (TPSA) is 170 Å². The highest BCUT2D eigenvalue weighted by molar-refractivity contribution is 6.30. The molecule has 5 rings (SSSR count). The summed E-state index contributed by atoms with van der Waals surface area (Å²) in [5.41, 5.74) is 1.34. The van der Waals surface area contributed by atoms with Gasteiger partial charge in [0.15, 0.2) is 5.78 Å². The maximum Gasteiger partial charge on any atom is 0.408 e. The van der Waals surface area contributed by atoms with Crippen molar-refractivity contribution >= 4 is 58.4 Å². The van der Waals surface area contributed by atoms with E-state index in [9.17, 15) is 29.3 Å². The second-order valence-electron chi connectivity index (χ2n) is 12.8. The van der Waals surface area contributed by atoms with Crippen molar-refractivity contribution in [3.05, 3.63) is 153 Å². The van der Waals surface area contributed by atoms with Gasteiger partial charge >= 0.3 is 6.09 Å². The maximum atomic E-state index is 13.8. The van der Waals surface area contributed by atoms with E-state index >= 15 is 0 Å². The van der Waals surface area contributed by atoms with Crippen molar-refractivity contribution < 1.29 is 33.3 Å². The smallest absolute Gasteiger partial charge is 0.408 e. The number of nitrogens with zero attached hydrogens (tertiary/aromatic N) is 1. The number of alkyl carbamates (subject to hydrolysis) is 1. The summed E-state index contributed by atoms with van der Waals surface area (Å²) in [6, 6.07) is 27.8. The van der Waals surface area contributed by atoms with Crippen LogP contribution in [0.25, 0.3) is 17.4 Å². The van der Waals surface area contributed by atoms with Gasteiger partial charge in [0, 0.05) is 52.0 Å². The van der Waals surface area contributed by atoms with Gasteiger partial charge in [0.05, 0.1) is 10.6 Å². The molecule has 1 atom stereocenters. The number of hydrogen-bond donors (Lipinski definition) is 3. The first-order valence-electron chi connectivity index (χ1n) is 16.4. The number of ketones is 1. The summed E-state index contributed by atoms with van der Waals surface area (Å²) in [7, 11) is 0. The monoisotopic (exact) mass is 734 g/mol. The Balaban J connectivity index is 1.36. The number of nitro benzene ring substituents is 1. The lowest BCUT2D eigenvalue weighted by molar-refractivity contribution is -0.384. The first kappa shape index (κ1) is 37.7. The predicted octanol–water partition coefficient (Wildman–Crippen LogP) is 8.47. The summed E-state index contributed by atoms with van der Waals surface area (Å²) in [4.78, 5) is 63.7. The quantitative estimate of drug-likeness (QED) is 0.0496. The number of amides is 3. The van der Waals surface area contributed by atoms with Crippen LogP contribution in [0.15, 0.2) is 120 Å². The molecule has 5 aromatic rings. The molecule has 53 heavy (non-hydrogen) atoms. The highest BCUT2D eigenvalue weighted by Crippen LogP contribution is 2.27. The van der Waals surface area contributed by atoms with Crippen LogP contribution in [0.4, 0.5) is 21.9 Å². The molecule has 0 saturated carbocycles. The van der Waals surface area contributed by atoms with Crippen LogP contribution in [0, 0.1) is 10.1 Å². The molecule has 12 nitrogen and oxygen atoms in total. The lowest BCUT2D eigenvalue weighted by Gasteiger charge is -2.24. The van der Waals surface area contributed by atoms with Crippen LogP contribution >= 0.6 is 11.6 Å². The fourth-order valence-electron chi connectivity index (χ4n) is 5.09. The summed E-state index contributed by atoms with van der Waals surface area (Å²) in [5.74, 6) is -0.744. The normalized spacial score (nSPS) is 11.8. The Morgan fingerprint density at radius 3 is 2.25 bits per heavy atom. The molecule has 0 radical (unpaired) electrons. The third-order valence-electron chi connectivity index (χ3n) is 7.57. The number of nitro groups is 1. The van der Waals surface area contributed by atoms with Crippen LogP contribution in [0.3, 0.4) is 0 Å². The van der Waals surface area contributed by atoms with Crippen molar-refractivity contribution in [3.63, 3.8) is 0 Å². The first-order valence-corrected chi connectivity index (χ1v) is 16.7. The summed E-state index contributed by atoms with van der Waals surface area (Å²) < 4.78 is 11.2. The fourth-order valence-corrected chi connectivity index (χ4v) is 5.21. The van der Waals surface area contributed by atoms with Gasteiger partial charge in [0.2, 0.25) is 11.8 Å². The Morgan fingerprint density at radius 2 is 1.58 bits per heavy atom. The Bertz CT molecular complexity index is 2160. The SMILES string of the molecule is CC(C)(C)OC(=O)N[C@@H](Cc1ccc(Cl)cc1)C(=O)Nc1ccc(NC(=O)/C=C/c2ccc(-c3ccc([N+](=O)[O-])cc3)o2)cc1C(=O)c1ccccc1. The summed E-state index contributed by atoms with van der Waals surface area (Å²) >= 11 is 6.04. The molecule has 0 unspecified atom stereocenters. The number of carbonyl (C=O) groups excluding carboxylic acids is 4. The van der Waals surface area contributed by atoms with Crippen molar-refractivity contribution in [2.24, 2.45) is 0 Å². The molecular weight excluding hydrogens is 700 g/mol. The molecule has 0 spiro atoms. The van der Waals surface area contributed by atoms with E-state index in [0.717, 1.165) is 5.56 Å². The summed E-state index contributed by atoms with van der Waals surface area (Å²) in [5, 5.41) is 19.6. The van der Waals surface area contributed by atoms with E-state index in [2.05, 4.69) is 16.0 Å². The zero-order valence-electron chi connectivity index (χ0n) is 28.9. The number of rotatable bonds is 12. The van der Waals surface area contributed by atoms with Crippen LogP contribution in [-0.2, 0) is 20.7 Å². The molecule has 1 aromatic heterocycles. The number of ether oxygens (including phenoxy) is 1. The molecule has 0 aliphatic heterocycles. The molecule has 0 fully saturated rings. The lowest BCUT2D eigenvalue weighted by Crippen LogP contribution is -2.47. The maximum absolute atomic E-state index is 13.8. The van der Waals surface area contributed by atoms with E-state index in [-0.39, 0.29) is 29.0 Å². The van der Waals surface area contributed by atoms with Crippen LogP contribution in [-0.4, -0.2) is 40.3 Å². The number of halogens is 1. The van der Waals surface area contributed by atoms with E-state index in [0.29, 0.717) is 27.7 Å². The third-order valence-corrected chi connectivity index (χ3v) is 7.83. The first-order chi connectivity index (χ1) is 25.2. The fraction of sp³-hybridized carbons (Fsp3) is 0.150. The van der Waals surface area contributed by atoms with Crippen molar-refractivity contribution in [2.45, 2.75) is 38.8 Å². The van der Waals surface area contributed by atoms with Gasteiger partial charge in [-0.1, -0.05) is 54.1 Å². The molecule has 270 valence electrons. The van der Waals surface area contributed by atoms with Crippen LogP contribution in [0.5, 0.6) is 0 Å². The second kappa shape index (κ2) is 16.7. The van der Waals surface area contributed by atoms with Gasteiger partial charge in [-0.15, -0.1) is 0 Å². The van der Waals surface area contributed by atoms with Crippen LogP contribution < -0.4 is 16.0 Å². The van der Waals surface area contributed by atoms with Gasteiger partial charge in [-0.05, 0) is 87.0 Å². The number of anilines is 2. The second-order valence-corrected chi connectivity index (χ2v) is 13.2. The van der Waals surface area contributed by atoms with Gasteiger partial charge in [0.1, 0.15) is 23.2 Å². The van der Waals surface area contributed by atoms with E-state index in [1.54, 1.807) is 99.6 Å². The zero-order valence-corrected chi connectivity index (χ0v) is 29.7. The minimum absolute atomic E-state index is 0.0466.